The number of rotatable bonds is 2. The number of fused-ring (bicyclic) bond motifs is 1. The molecule has 1 atom stereocenters. The van der Waals surface area contributed by atoms with Gasteiger partial charge in [0, 0.05) is 20.6 Å². The van der Waals surface area contributed by atoms with Gasteiger partial charge < -0.3 is 14.7 Å². The normalized spacial score (nSPS) is 18.4. The van der Waals surface area contributed by atoms with E-state index in [0.717, 1.165) is 13.0 Å². The van der Waals surface area contributed by atoms with Crippen LogP contribution in [-0.2, 0) is 13.0 Å². The molecular formula is C13H16N4O. The third kappa shape index (κ3) is 1.97. The largest absolute Gasteiger partial charge is 0.344 e. The third-order valence-electron chi connectivity index (χ3n) is 3.21. The maximum Gasteiger partial charge on any atom is 0.265 e. The first-order valence-electron chi connectivity index (χ1n) is 6.05. The summed E-state index contributed by atoms with van der Waals surface area (Å²) in [5, 5.41) is 7.38. The molecule has 5 heteroatoms. The molecule has 2 aromatic rings. The molecule has 2 heterocycles. The summed E-state index contributed by atoms with van der Waals surface area (Å²) in [7, 11) is 3.80. The van der Waals surface area contributed by atoms with Crippen LogP contribution < -0.4 is 10.2 Å². The third-order valence-corrected chi connectivity index (χ3v) is 3.21. The van der Waals surface area contributed by atoms with E-state index >= 15 is 0 Å². The smallest absolute Gasteiger partial charge is 0.265 e. The number of nitrogens with zero attached hydrogens (tertiary/aromatic N) is 3. The van der Waals surface area contributed by atoms with Crippen LogP contribution in [0.2, 0.25) is 0 Å². The van der Waals surface area contributed by atoms with Crippen molar-refractivity contribution in [1.82, 2.24) is 15.5 Å². The highest BCUT2D eigenvalue weighted by Gasteiger charge is 2.24. The van der Waals surface area contributed by atoms with Crippen molar-refractivity contribution in [2.75, 3.05) is 19.0 Å². The van der Waals surface area contributed by atoms with Crippen molar-refractivity contribution >= 4 is 5.95 Å². The fourth-order valence-corrected chi connectivity index (χ4v) is 2.18. The van der Waals surface area contributed by atoms with Gasteiger partial charge in [0.15, 0.2) is 0 Å². The van der Waals surface area contributed by atoms with Gasteiger partial charge in [-0.15, -0.1) is 0 Å². The highest BCUT2D eigenvalue weighted by Crippen LogP contribution is 2.25. The van der Waals surface area contributed by atoms with Gasteiger partial charge in [0.25, 0.3) is 5.95 Å². The lowest BCUT2D eigenvalue weighted by atomic mass is 9.96. The van der Waals surface area contributed by atoms with E-state index in [9.17, 15) is 0 Å². The predicted molar refractivity (Wildman–Crippen MR) is 68.4 cm³/mol. The van der Waals surface area contributed by atoms with Gasteiger partial charge >= 0.3 is 0 Å². The van der Waals surface area contributed by atoms with Gasteiger partial charge in [0.05, 0.1) is 6.04 Å². The van der Waals surface area contributed by atoms with Crippen LogP contribution in [-0.4, -0.2) is 24.2 Å². The van der Waals surface area contributed by atoms with Gasteiger partial charge in [0.1, 0.15) is 0 Å². The summed E-state index contributed by atoms with van der Waals surface area (Å²) in [6, 6.07) is 8.56. The number of benzene rings is 1. The van der Waals surface area contributed by atoms with Crippen molar-refractivity contribution in [1.29, 1.82) is 0 Å². The zero-order valence-electron chi connectivity index (χ0n) is 10.6. The molecule has 0 saturated heterocycles. The lowest BCUT2D eigenvalue weighted by molar-refractivity contribution is 0.321. The van der Waals surface area contributed by atoms with Crippen LogP contribution in [0, 0.1) is 0 Å². The summed E-state index contributed by atoms with van der Waals surface area (Å²) in [6.45, 7) is 0.848. The van der Waals surface area contributed by atoms with Crippen molar-refractivity contribution in [2.24, 2.45) is 0 Å². The second-order valence-corrected chi connectivity index (χ2v) is 4.73. The van der Waals surface area contributed by atoms with Gasteiger partial charge in [-0.2, -0.15) is 4.98 Å². The minimum atomic E-state index is 0.112. The SMILES string of the molecule is CN(C)c1noc([C@@H]2Cc3ccccc3CN2)n1. The number of hydrogen-bond acceptors (Lipinski definition) is 5. The second-order valence-electron chi connectivity index (χ2n) is 4.73. The quantitative estimate of drug-likeness (QED) is 0.868. The summed E-state index contributed by atoms with van der Waals surface area (Å²) in [4.78, 5) is 6.23. The van der Waals surface area contributed by atoms with Crippen LogP contribution in [0.4, 0.5) is 5.95 Å². The molecule has 1 aromatic carbocycles. The Balaban J connectivity index is 1.83. The minimum Gasteiger partial charge on any atom is -0.344 e. The van der Waals surface area contributed by atoms with Gasteiger partial charge in [-0.05, 0) is 22.7 Å². The zero-order chi connectivity index (χ0) is 12.5. The second kappa shape index (κ2) is 4.42. The minimum absolute atomic E-state index is 0.112. The van der Waals surface area contributed by atoms with E-state index in [0.29, 0.717) is 11.8 Å². The van der Waals surface area contributed by atoms with Gasteiger partial charge in [-0.3, -0.25) is 0 Å². The van der Waals surface area contributed by atoms with Crippen molar-refractivity contribution in [2.45, 2.75) is 19.0 Å². The molecule has 0 bridgehead atoms. The molecule has 0 unspecified atom stereocenters. The number of anilines is 1. The van der Waals surface area contributed by atoms with Crippen LogP contribution in [0.15, 0.2) is 28.8 Å². The van der Waals surface area contributed by atoms with E-state index in [2.05, 4.69) is 39.7 Å². The molecule has 0 aliphatic carbocycles. The Morgan fingerprint density at radius 1 is 1.28 bits per heavy atom. The summed E-state index contributed by atoms with van der Waals surface area (Å²) >= 11 is 0. The fraction of sp³-hybridized carbons (Fsp3) is 0.385. The van der Waals surface area contributed by atoms with Gasteiger partial charge in [0.2, 0.25) is 5.89 Å². The molecule has 3 rings (SSSR count). The summed E-state index contributed by atoms with van der Waals surface area (Å²) < 4.78 is 5.32. The molecular weight excluding hydrogens is 228 g/mol. The van der Waals surface area contributed by atoms with E-state index in [1.807, 2.05) is 19.0 Å². The van der Waals surface area contributed by atoms with Crippen LogP contribution in [0.5, 0.6) is 0 Å². The van der Waals surface area contributed by atoms with Crippen molar-refractivity contribution < 1.29 is 4.52 Å². The average Bonchev–Trinajstić information content (AvgIpc) is 2.88. The topological polar surface area (TPSA) is 54.2 Å². The van der Waals surface area contributed by atoms with Crippen molar-refractivity contribution in [3.05, 3.63) is 41.3 Å². The number of aromatic nitrogens is 2. The molecule has 18 heavy (non-hydrogen) atoms. The Morgan fingerprint density at radius 3 is 2.78 bits per heavy atom. The number of hydrogen-bond donors (Lipinski definition) is 1. The maximum atomic E-state index is 5.32. The summed E-state index contributed by atoms with van der Waals surface area (Å²) in [6.07, 6.45) is 0.894. The van der Waals surface area contributed by atoms with Crippen molar-refractivity contribution in [3.8, 4) is 0 Å². The first-order valence-corrected chi connectivity index (χ1v) is 6.05. The maximum absolute atomic E-state index is 5.32. The van der Waals surface area contributed by atoms with E-state index in [4.69, 9.17) is 4.52 Å². The van der Waals surface area contributed by atoms with E-state index < -0.39 is 0 Å². The van der Waals surface area contributed by atoms with E-state index in [1.165, 1.54) is 11.1 Å². The Hall–Kier alpha value is -1.88. The molecule has 1 N–H and O–H groups in total. The summed E-state index contributed by atoms with van der Waals surface area (Å²) in [5.41, 5.74) is 2.70. The average molecular weight is 244 g/mol. The first-order chi connectivity index (χ1) is 8.74. The fourth-order valence-electron chi connectivity index (χ4n) is 2.18. The molecule has 0 amide bonds. The molecule has 94 valence electrons. The zero-order valence-corrected chi connectivity index (χ0v) is 10.6. The van der Waals surface area contributed by atoms with Crippen LogP contribution in [0.1, 0.15) is 23.1 Å². The lowest BCUT2D eigenvalue weighted by Gasteiger charge is -2.23. The molecule has 5 nitrogen and oxygen atoms in total. The Labute approximate surface area is 106 Å². The molecule has 1 aromatic heterocycles. The highest BCUT2D eigenvalue weighted by atomic mass is 16.5. The molecule has 0 radical (unpaired) electrons. The monoisotopic (exact) mass is 244 g/mol. The Bertz CT molecular complexity index is 549. The van der Waals surface area contributed by atoms with Crippen LogP contribution in [0.25, 0.3) is 0 Å². The predicted octanol–water partition coefficient (Wildman–Crippen LogP) is 1.52. The molecule has 0 saturated carbocycles. The Morgan fingerprint density at radius 2 is 2.06 bits per heavy atom. The molecule has 0 spiro atoms. The van der Waals surface area contributed by atoms with E-state index in [1.54, 1.807) is 0 Å². The van der Waals surface area contributed by atoms with Crippen LogP contribution in [0.3, 0.4) is 0 Å². The van der Waals surface area contributed by atoms with Gasteiger partial charge in [-0.25, -0.2) is 0 Å². The lowest BCUT2D eigenvalue weighted by Crippen LogP contribution is -2.28. The standard InChI is InChI=1S/C13H16N4O/c1-17(2)13-15-12(18-16-13)11-7-9-5-3-4-6-10(9)8-14-11/h3-6,11,14H,7-8H2,1-2H3/t11-/m0/s1. The highest BCUT2D eigenvalue weighted by molar-refractivity contribution is 5.31. The Kier molecular flexibility index (Phi) is 2.76. The number of nitrogens with one attached hydrogen (secondary N) is 1. The van der Waals surface area contributed by atoms with Gasteiger partial charge in [-0.1, -0.05) is 24.3 Å². The van der Waals surface area contributed by atoms with Crippen LogP contribution >= 0.6 is 0 Å². The summed E-state index contributed by atoms with van der Waals surface area (Å²) in [5.74, 6) is 1.28. The van der Waals surface area contributed by atoms with Crippen molar-refractivity contribution in [3.63, 3.8) is 0 Å². The molecule has 1 aliphatic heterocycles. The molecule has 0 fully saturated rings. The molecule has 1 aliphatic rings. The van der Waals surface area contributed by atoms with E-state index in [-0.39, 0.29) is 6.04 Å². The first kappa shape index (κ1) is 11.2.